The van der Waals surface area contributed by atoms with Gasteiger partial charge in [-0.05, 0) is 29.9 Å². The summed E-state index contributed by atoms with van der Waals surface area (Å²) in [6.45, 7) is 17.2. The van der Waals surface area contributed by atoms with Gasteiger partial charge in [0.1, 0.15) is 5.01 Å². The second-order valence-corrected chi connectivity index (χ2v) is 9.74. The number of rotatable bonds is 5. The fraction of sp³-hybridized carbons (Fsp3) is 0.565. The van der Waals surface area contributed by atoms with Gasteiger partial charge in [-0.15, -0.1) is 11.3 Å². The van der Waals surface area contributed by atoms with Gasteiger partial charge in [-0.25, -0.2) is 4.98 Å². The van der Waals surface area contributed by atoms with Gasteiger partial charge in [-0.1, -0.05) is 45.9 Å². The Morgan fingerprint density at radius 2 is 1.79 bits per heavy atom. The van der Waals surface area contributed by atoms with Crippen molar-refractivity contribution in [2.45, 2.75) is 59.9 Å². The van der Waals surface area contributed by atoms with E-state index in [0.717, 1.165) is 38.4 Å². The minimum absolute atomic E-state index is 0.179. The number of aromatic nitrogens is 1. The average molecular weight is 400 g/mol. The van der Waals surface area contributed by atoms with Crippen molar-refractivity contribution in [3.05, 3.63) is 39.2 Å². The smallest absolute Gasteiger partial charge is 0.219 e. The molecule has 0 radical (unpaired) electrons. The zero-order chi connectivity index (χ0) is 20.4. The van der Waals surface area contributed by atoms with Crippen molar-refractivity contribution in [1.29, 1.82) is 0 Å². The summed E-state index contributed by atoms with van der Waals surface area (Å²) in [5, 5.41) is 1.17. The van der Waals surface area contributed by atoms with Crippen LogP contribution in [0.5, 0.6) is 0 Å². The number of carbonyl (C=O) groups is 1. The van der Waals surface area contributed by atoms with E-state index >= 15 is 0 Å². The lowest BCUT2D eigenvalue weighted by Crippen LogP contribution is -2.47. The van der Waals surface area contributed by atoms with E-state index in [1.165, 1.54) is 26.6 Å². The third-order valence-electron chi connectivity index (χ3n) is 5.64. The van der Waals surface area contributed by atoms with Crippen LogP contribution in [0, 0.1) is 6.92 Å². The molecule has 1 amide bonds. The van der Waals surface area contributed by atoms with Crippen molar-refractivity contribution in [1.82, 2.24) is 14.8 Å². The molecular formula is C23H33N3OS. The van der Waals surface area contributed by atoms with E-state index in [9.17, 15) is 4.79 Å². The van der Waals surface area contributed by atoms with E-state index in [4.69, 9.17) is 4.98 Å². The van der Waals surface area contributed by atoms with E-state index in [2.05, 4.69) is 57.7 Å². The molecule has 28 heavy (non-hydrogen) atoms. The molecule has 2 heterocycles. The second-order valence-electron chi connectivity index (χ2n) is 8.45. The van der Waals surface area contributed by atoms with E-state index in [1.807, 2.05) is 16.2 Å². The Morgan fingerprint density at radius 1 is 1.11 bits per heavy atom. The highest BCUT2D eigenvalue weighted by molar-refractivity contribution is 7.12. The van der Waals surface area contributed by atoms with Crippen LogP contribution in [0.25, 0.3) is 11.3 Å². The Balaban J connectivity index is 1.80. The number of amides is 1. The molecule has 1 fully saturated rings. The Morgan fingerprint density at radius 3 is 2.36 bits per heavy atom. The van der Waals surface area contributed by atoms with Crippen molar-refractivity contribution >= 4 is 17.2 Å². The van der Waals surface area contributed by atoms with Crippen molar-refractivity contribution in [2.24, 2.45) is 0 Å². The first-order chi connectivity index (χ1) is 13.3. The van der Waals surface area contributed by atoms with E-state index in [0.29, 0.717) is 11.8 Å². The molecule has 1 aliphatic rings. The first-order valence-corrected chi connectivity index (χ1v) is 11.2. The fourth-order valence-corrected chi connectivity index (χ4v) is 4.80. The number of hydrogen-bond acceptors (Lipinski definition) is 4. The second kappa shape index (κ2) is 8.75. The summed E-state index contributed by atoms with van der Waals surface area (Å²) in [6.07, 6.45) is 0. The van der Waals surface area contributed by atoms with Crippen molar-refractivity contribution < 1.29 is 4.79 Å². The predicted molar refractivity (Wildman–Crippen MR) is 118 cm³/mol. The largest absolute Gasteiger partial charge is 0.340 e. The van der Waals surface area contributed by atoms with Crippen LogP contribution in [0.15, 0.2) is 18.2 Å². The number of nitrogens with zero attached hydrogens (tertiary/aromatic N) is 3. The molecule has 152 valence electrons. The Labute approximate surface area is 173 Å². The lowest BCUT2D eigenvalue weighted by Gasteiger charge is -2.33. The first kappa shape index (κ1) is 21.0. The molecule has 0 aliphatic carbocycles. The summed E-state index contributed by atoms with van der Waals surface area (Å²) in [7, 11) is 0. The zero-order valence-corrected chi connectivity index (χ0v) is 18.9. The van der Waals surface area contributed by atoms with E-state index in [-0.39, 0.29) is 5.91 Å². The lowest BCUT2D eigenvalue weighted by molar-refractivity contribution is -0.130. The number of piperazine rings is 1. The molecule has 0 N–H and O–H groups in total. The third kappa shape index (κ3) is 4.64. The topological polar surface area (TPSA) is 36.4 Å². The maximum absolute atomic E-state index is 11.5. The van der Waals surface area contributed by atoms with Crippen LogP contribution in [0.3, 0.4) is 0 Å². The van der Waals surface area contributed by atoms with Crippen LogP contribution < -0.4 is 0 Å². The van der Waals surface area contributed by atoms with Gasteiger partial charge in [0, 0.05) is 43.5 Å². The minimum Gasteiger partial charge on any atom is -0.340 e. The number of thiazole rings is 1. The van der Waals surface area contributed by atoms with Gasteiger partial charge < -0.3 is 4.90 Å². The SMILES string of the molecule is CC(=O)N1CCN(Cc2nc(-c3ccc(C(C)C)cc3C(C)C)c(C)s2)CC1. The van der Waals surface area contributed by atoms with Gasteiger partial charge in [0.05, 0.1) is 12.2 Å². The quantitative estimate of drug-likeness (QED) is 0.707. The van der Waals surface area contributed by atoms with Crippen LogP contribution in [0.2, 0.25) is 0 Å². The molecule has 2 aromatic rings. The molecule has 3 rings (SSSR count). The maximum Gasteiger partial charge on any atom is 0.219 e. The van der Waals surface area contributed by atoms with Crippen LogP contribution >= 0.6 is 11.3 Å². The van der Waals surface area contributed by atoms with Crippen LogP contribution in [0.4, 0.5) is 0 Å². The van der Waals surface area contributed by atoms with Crippen LogP contribution in [-0.2, 0) is 11.3 Å². The van der Waals surface area contributed by atoms with Crippen LogP contribution in [-0.4, -0.2) is 46.9 Å². The Kier molecular flexibility index (Phi) is 6.56. The predicted octanol–water partition coefficient (Wildman–Crippen LogP) is 5.03. The Hall–Kier alpha value is -1.72. The summed E-state index contributed by atoms with van der Waals surface area (Å²) < 4.78 is 0. The zero-order valence-electron chi connectivity index (χ0n) is 18.1. The number of aryl methyl sites for hydroxylation is 1. The number of hydrogen-bond donors (Lipinski definition) is 0. The number of carbonyl (C=O) groups excluding carboxylic acids is 1. The first-order valence-electron chi connectivity index (χ1n) is 10.3. The molecule has 1 aromatic carbocycles. The lowest BCUT2D eigenvalue weighted by atomic mass is 9.90. The summed E-state index contributed by atoms with van der Waals surface area (Å²) >= 11 is 1.81. The highest BCUT2D eigenvalue weighted by atomic mass is 32.1. The Bertz CT molecular complexity index is 832. The summed E-state index contributed by atoms with van der Waals surface area (Å²) in [5.41, 5.74) is 5.20. The monoisotopic (exact) mass is 399 g/mol. The van der Waals surface area contributed by atoms with Gasteiger partial charge >= 0.3 is 0 Å². The number of benzene rings is 1. The van der Waals surface area contributed by atoms with Gasteiger partial charge in [-0.2, -0.15) is 0 Å². The van der Waals surface area contributed by atoms with E-state index in [1.54, 1.807) is 6.92 Å². The van der Waals surface area contributed by atoms with Gasteiger partial charge in [0.25, 0.3) is 0 Å². The van der Waals surface area contributed by atoms with Crippen molar-refractivity contribution in [3.8, 4) is 11.3 Å². The molecule has 5 heteroatoms. The molecule has 4 nitrogen and oxygen atoms in total. The molecular weight excluding hydrogens is 366 g/mol. The summed E-state index contributed by atoms with van der Waals surface area (Å²) in [6, 6.07) is 6.89. The summed E-state index contributed by atoms with van der Waals surface area (Å²) in [4.78, 5) is 22.2. The van der Waals surface area contributed by atoms with Crippen LogP contribution in [0.1, 0.15) is 67.5 Å². The molecule has 1 aromatic heterocycles. The molecule has 1 saturated heterocycles. The molecule has 0 saturated carbocycles. The van der Waals surface area contributed by atoms with Crippen molar-refractivity contribution in [3.63, 3.8) is 0 Å². The standard InChI is InChI=1S/C23H33N3OS/c1-15(2)19-7-8-20(21(13-19)16(3)4)23-17(5)28-22(24-23)14-25-9-11-26(12-10-25)18(6)27/h7-8,13,15-16H,9-12,14H2,1-6H3. The van der Waals surface area contributed by atoms with Crippen molar-refractivity contribution in [2.75, 3.05) is 26.2 Å². The maximum atomic E-state index is 11.5. The van der Waals surface area contributed by atoms with E-state index < -0.39 is 0 Å². The fourth-order valence-electron chi connectivity index (χ4n) is 3.81. The molecule has 0 unspecified atom stereocenters. The van der Waals surface area contributed by atoms with Gasteiger partial charge in [0.15, 0.2) is 0 Å². The molecule has 0 bridgehead atoms. The highest BCUT2D eigenvalue weighted by Gasteiger charge is 2.21. The highest BCUT2D eigenvalue weighted by Crippen LogP contribution is 2.35. The summed E-state index contributed by atoms with van der Waals surface area (Å²) in [5.74, 6) is 1.18. The van der Waals surface area contributed by atoms with Gasteiger partial charge in [0.2, 0.25) is 5.91 Å². The third-order valence-corrected chi connectivity index (χ3v) is 6.59. The average Bonchev–Trinajstić information content (AvgIpc) is 3.01. The molecule has 1 aliphatic heterocycles. The minimum atomic E-state index is 0.179. The molecule has 0 atom stereocenters. The molecule has 0 spiro atoms. The normalized spacial score (nSPS) is 15.6. The van der Waals surface area contributed by atoms with Gasteiger partial charge in [-0.3, -0.25) is 9.69 Å².